The standard InChI is InChI=1S/C20H29N3O4/c1-14-8-17-18(27-13-26-17)9-15(14)10-22-6-4-20(25)5-7-23(12-16(20)11-22)19(24)21(2)3/h8-9,16,25H,4-7,10-13H2,1-3H3/t16-,20-/m1/s1. The Morgan fingerprint density at radius 3 is 2.67 bits per heavy atom. The van der Waals surface area contributed by atoms with Crippen molar-refractivity contribution in [1.29, 1.82) is 0 Å². The average Bonchev–Trinajstić information content (AvgIpc) is 3.08. The van der Waals surface area contributed by atoms with Gasteiger partial charge in [0, 0.05) is 52.7 Å². The highest BCUT2D eigenvalue weighted by atomic mass is 16.7. The first kappa shape index (κ1) is 18.4. The number of urea groups is 1. The molecule has 2 atom stereocenters. The number of nitrogens with zero attached hydrogens (tertiary/aromatic N) is 3. The lowest BCUT2D eigenvalue weighted by Gasteiger charge is -2.50. The van der Waals surface area contributed by atoms with E-state index in [1.807, 2.05) is 11.0 Å². The van der Waals surface area contributed by atoms with Crippen molar-refractivity contribution in [2.24, 2.45) is 5.92 Å². The smallest absolute Gasteiger partial charge is 0.319 e. The lowest BCUT2D eigenvalue weighted by atomic mass is 9.75. The SMILES string of the molecule is Cc1cc2c(cc1CN1CC[C@@]3(O)CCN(C(=O)N(C)C)C[C@H]3C1)OCO2. The summed E-state index contributed by atoms with van der Waals surface area (Å²) in [6.07, 6.45) is 1.42. The van der Waals surface area contributed by atoms with Gasteiger partial charge in [-0.2, -0.15) is 0 Å². The molecule has 0 radical (unpaired) electrons. The maximum atomic E-state index is 12.3. The van der Waals surface area contributed by atoms with E-state index in [9.17, 15) is 9.90 Å². The zero-order valence-corrected chi connectivity index (χ0v) is 16.4. The van der Waals surface area contributed by atoms with Crippen molar-refractivity contribution in [3.05, 3.63) is 23.3 Å². The number of piperidine rings is 2. The summed E-state index contributed by atoms with van der Waals surface area (Å²) in [5, 5.41) is 11.1. The molecule has 1 N–H and O–H groups in total. The van der Waals surface area contributed by atoms with Crippen LogP contribution in [0.4, 0.5) is 4.79 Å². The maximum absolute atomic E-state index is 12.3. The molecule has 7 nitrogen and oxygen atoms in total. The highest BCUT2D eigenvalue weighted by Gasteiger charge is 2.46. The van der Waals surface area contributed by atoms with Gasteiger partial charge in [-0.25, -0.2) is 4.79 Å². The topological polar surface area (TPSA) is 65.5 Å². The van der Waals surface area contributed by atoms with Crippen molar-refractivity contribution in [2.45, 2.75) is 31.9 Å². The normalized spacial score (nSPS) is 27.4. The minimum atomic E-state index is -0.649. The van der Waals surface area contributed by atoms with E-state index >= 15 is 0 Å². The van der Waals surface area contributed by atoms with Crippen LogP contribution in [0.1, 0.15) is 24.0 Å². The van der Waals surface area contributed by atoms with Crippen molar-refractivity contribution < 1.29 is 19.4 Å². The number of carbonyl (C=O) groups is 1. The number of rotatable bonds is 2. The molecule has 3 heterocycles. The summed E-state index contributed by atoms with van der Waals surface area (Å²) in [5.74, 6) is 1.71. The van der Waals surface area contributed by atoms with Crippen LogP contribution in [0.3, 0.4) is 0 Å². The molecule has 0 aromatic heterocycles. The largest absolute Gasteiger partial charge is 0.454 e. The molecule has 0 unspecified atom stereocenters. The Balaban J connectivity index is 1.45. The highest BCUT2D eigenvalue weighted by Crippen LogP contribution is 2.38. The molecular weight excluding hydrogens is 346 g/mol. The van der Waals surface area contributed by atoms with Crippen molar-refractivity contribution >= 4 is 6.03 Å². The van der Waals surface area contributed by atoms with Crippen LogP contribution >= 0.6 is 0 Å². The third-order valence-corrected chi connectivity index (χ3v) is 6.23. The summed E-state index contributed by atoms with van der Waals surface area (Å²) in [4.78, 5) is 18.2. The van der Waals surface area contributed by atoms with Crippen LogP contribution in [0.25, 0.3) is 0 Å². The van der Waals surface area contributed by atoms with Crippen LogP contribution in [0.15, 0.2) is 12.1 Å². The summed E-state index contributed by atoms with van der Waals surface area (Å²) in [6, 6.07) is 4.14. The number of benzene rings is 1. The number of carbonyl (C=O) groups excluding carboxylic acids is 1. The third kappa shape index (κ3) is 3.46. The summed E-state index contributed by atoms with van der Waals surface area (Å²) in [6.45, 7) is 6.10. The number of aliphatic hydroxyl groups is 1. The van der Waals surface area contributed by atoms with Gasteiger partial charge < -0.3 is 24.4 Å². The summed E-state index contributed by atoms with van der Waals surface area (Å²) >= 11 is 0. The van der Waals surface area contributed by atoms with Gasteiger partial charge in [-0.15, -0.1) is 0 Å². The van der Waals surface area contributed by atoms with Crippen LogP contribution in [0.2, 0.25) is 0 Å². The van der Waals surface area contributed by atoms with E-state index < -0.39 is 5.60 Å². The molecule has 0 saturated carbocycles. The van der Waals surface area contributed by atoms with Gasteiger partial charge in [0.05, 0.1) is 5.60 Å². The fourth-order valence-electron chi connectivity index (χ4n) is 4.47. The quantitative estimate of drug-likeness (QED) is 0.852. The minimum absolute atomic E-state index is 0.0285. The lowest BCUT2D eigenvalue weighted by Crippen LogP contribution is -2.61. The Labute approximate surface area is 160 Å². The average molecular weight is 375 g/mol. The van der Waals surface area contributed by atoms with Crippen LogP contribution in [-0.2, 0) is 6.54 Å². The highest BCUT2D eigenvalue weighted by molar-refractivity contribution is 5.74. The van der Waals surface area contributed by atoms with Crippen LogP contribution in [-0.4, -0.2) is 78.5 Å². The van der Waals surface area contributed by atoms with Gasteiger partial charge in [-0.3, -0.25) is 4.90 Å². The zero-order valence-electron chi connectivity index (χ0n) is 16.4. The summed E-state index contributed by atoms with van der Waals surface area (Å²) in [7, 11) is 3.55. The molecule has 148 valence electrons. The third-order valence-electron chi connectivity index (χ3n) is 6.23. The Hall–Kier alpha value is -1.99. The molecule has 2 fully saturated rings. The molecule has 1 aromatic carbocycles. The van der Waals surface area contributed by atoms with Gasteiger partial charge in [0.1, 0.15) is 0 Å². The molecule has 0 bridgehead atoms. The Kier molecular flexibility index (Phi) is 4.68. The molecule has 4 rings (SSSR count). The summed E-state index contributed by atoms with van der Waals surface area (Å²) in [5.41, 5.74) is 1.76. The van der Waals surface area contributed by atoms with Crippen LogP contribution < -0.4 is 9.47 Å². The molecule has 7 heteroatoms. The maximum Gasteiger partial charge on any atom is 0.319 e. The van der Waals surface area contributed by atoms with E-state index in [4.69, 9.17) is 9.47 Å². The lowest BCUT2D eigenvalue weighted by molar-refractivity contribution is -0.108. The van der Waals surface area contributed by atoms with E-state index in [0.29, 0.717) is 19.5 Å². The number of aryl methyl sites for hydroxylation is 1. The van der Waals surface area contributed by atoms with Crippen LogP contribution in [0, 0.1) is 12.8 Å². The van der Waals surface area contributed by atoms with Gasteiger partial charge in [-0.05, 0) is 43.0 Å². The van der Waals surface area contributed by atoms with Crippen LogP contribution in [0.5, 0.6) is 11.5 Å². The number of hydrogen-bond donors (Lipinski definition) is 1. The fraction of sp³-hybridized carbons (Fsp3) is 0.650. The van der Waals surface area contributed by atoms with Gasteiger partial charge in [0.15, 0.2) is 11.5 Å². The second-order valence-corrected chi connectivity index (χ2v) is 8.29. The molecular formula is C20H29N3O4. The monoisotopic (exact) mass is 375 g/mol. The minimum Gasteiger partial charge on any atom is -0.454 e. The molecule has 1 aromatic rings. The van der Waals surface area contributed by atoms with Crippen molar-refractivity contribution in [1.82, 2.24) is 14.7 Å². The number of ether oxygens (including phenoxy) is 2. The Morgan fingerprint density at radius 2 is 1.93 bits per heavy atom. The zero-order chi connectivity index (χ0) is 19.2. The van der Waals surface area contributed by atoms with Gasteiger partial charge in [0.25, 0.3) is 0 Å². The summed E-state index contributed by atoms with van der Waals surface area (Å²) < 4.78 is 11.0. The first-order valence-corrected chi connectivity index (χ1v) is 9.66. The van der Waals surface area contributed by atoms with E-state index in [-0.39, 0.29) is 18.7 Å². The number of amides is 2. The number of likely N-dealkylation sites (tertiary alicyclic amines) is 2. The van der Waals surface area contributed by atoms with Gasteiger partial charge in [-0.1, -0.05) is 0 Å². The van der Waals surface area contributed by atoms with Crippen molar-refractivity contribution in [2.75, 3.05) is 47.1 Å². The first-order chi connectivity index (χ1) is 12.9. The molecule has 3 aliphatic rings. The van der Waals surface area contributed by atoms with E-state index in [2.05, 4.69) is 17.9 Å². The van der Waals surface area contributed by atoms with Gasteiger partial charge >= 0.3 is 6.03 Å². The molecule has 3 aliphatic heterocycles. The molecule has 0 aliphatic carbocycles. The Morgan fingerprint density at radius 1 is 1.22 bits per heavy atom. The number of hydrogen-bond acceptors (Lipinski definition) is 5. The molecule has 2 saturated heterocycles. The molecule has 2 amide bonds. The Bertz CT molecular complexity index is 738. The van der Waals surface area contributed by atoms with Crippen molar-refractivity contribution in [3.63, 3.8) is 0 Å². The predicted molar refractivity (Wildman–Crippen MR) is 101 cm³/mol. The van der Waals surface area contributed by atoms with Crippen molar-refractivity contribution in [3.8, 4) is 11.5 Å². The number of fused-ring (bicyclic) bond motifs is 2. The van der Waals surface area contributed by atoms with Gasteiger partial charge in [0.2, 0.25) is 6.79 Å². The van der Waals surface area contributed by atoms with E-state index in [1.165, 1.54) is 11.1 Å². The predicted octanol–water partition coefficient (Wildman–Crippen LogP) is 1.66. The molecule has 27 heavy (non-hydrogen) atoms. The first-order valence-electron chi connectivity index (χ1n) is 9.66. The fourth-order valence-corrected chi connectivity index (χ4v) is 4.47. The second-order valence-electron chi connectivity index (χ2n) is 8.29. The van der Waals surface area contributed by atoms with E-state index in [0.717, 1.165) is 37.6 Å². The van der Waals surface area contributed by atoms with E-state index in [1.54, 1.807) is 19.0 Å². The molecule has 0 spiro atoms. The second kappa shape index (κ2) is 6.87.